The summed E-state index contributed by atoms with van der Waals surface area (Å²) in [4.78, 5) is 22.3. The van der Waals surface area contributed by atoms with E-state index < -0.39 is 0 Å². The number of benzene rings is 1. The van der Waals surface area contributed by atoms with Crippen LogP contribution in [0.25, 0.3) is 0 Å². The standard InChI is InChI=1S/C17H19N5O/c1-22(2)16-13(8-18-9-19-16)20-17(23)21-15-12-7-10-5-3-4-6-11(10)14(12)15/h3-6,8-9,12,14-15H,7H2,1-2H3,(H2,20,21,23)/t12-,14+,15-/m1/s1. The van der Waals surface area contributed by atoms with Gasteiger partial charge >= 0.3 is 6.03 Å². The van der Waals surface area contributed by atoms with Crippen molar-refractivity contribution in [1.29, 1.82) is 0 Å². The lowest BCUT2D eigenvalue weighted by Gasteiger charge is -2.16. The summed E-state index contributed by atoms with van der Waals surface area (Å²) in [7, 11) is 3.77. The topological polar surface area (TPSA) is 70.2 Å². The molecular formula is C17H19N5O. The van der Waals surface area contributed by atoms with E-state index in [2.05, 4.69) is 44.9 Å². The van der Waals surface area contributed by atoms with Crippen LogP contribution in [0.4, 0.5) is 16.3 Å². The fraction of sp³-hybridized carbons (Fsp3) is 0.353. The smallest absolute Gasteiger partial charge is 0.319 e. The van der Waals surface area contributed by atoms with Gasteiger partial charge in [-0.1, -0.05) is 24.3 Å². The summed E-state index contributed by atoms with van der Waals surface area (Å²) in [6, 6.07) is 8.55. The highest BCUT2D eigenvalue weighted by Crippen LogP contribution is 2.56. The van der Waals surface area contributed by atoms with Crippen molar-refractivity contribution in [2.75, 3.05) is 24.3 Å². The van der Waals surface area contributed by atoms with Crippen LogP contribution in [0.2, 0.25) is 0 Å². The number of carbonyl (C=O) groups excluding carboxylic acids is 1. The molecule has 118 valence electrons. The Kier molecular flexibility index (Phi) is 3.18. The summed E-state index contributed by atoms with van der Waals surface area (Å²) in [6.45, 7) is 0. The maximum atomic E-state index is 12.3. The molecular weight excluding hydrogens is 290 g/mol. The van der Waals surface area contributed by atoms with Crippen molar-refractivity contribution in [3.05, 3.63) is 47.9 Å². The van der Waals surface area contributed by atoms with E-state index in [1.54, 1.807) is 6.20 Å². The molecule has 1 aromatic heterocycles. The van der Waals surface area contributed by atoms with E-state index >= 15 is 0 Å². The van der Waals surface area contributed by atoms with Crippen LogP contribution in [0.1, 0.15) is 17.0 Å². The minimum absolute atomic E-state index is 0.195. The zero-order chi connectivity index (χ0) is 16.0. The molecule has 2 aliphatic rings. The second-order valence-electron chi connectivity index (χ2n) is 6.37. The van der Waals surface area contributed by atoms with Crippen LogP contribution in [-0.4, -0.2) is 36.1 Å². The maximum Gasteiger partial charge on any atom is 0.319 e. The molecule has 2 aliphatic carbocycles. The quantitative estimate of drug-likeness (QED) is 0.910. The first-order valence-corrected chi connectivity index (χ1v) is 7.78. The van der Waals surface area contributed by atoms with Gasteiger partial charge in [0, 0.05) is 26.1 Å². The number of hydrogen-bond acceptors (Lipinski definition) is 4. The van der Waals surface area contributed by atoms with E-state index in [0.717, 1.165) is 6.42 Å². The maximum absolute atomic E-state index is 12.3. The van der Waals surface area contributed by atoms with Crippen molar-refractivity contribution in [3.63, 3.8) is 0 Å². The lowest BCUT2D eigenvalue weighted by molar-refractivity contribution is 0.251. The molecule has 1 heterocycles. The molecule has 0 spiro atoms. The number of anilines is 2. The predicted molar refractivity (Wildman–Crippen MR) is 88.7 cm³/mol. The van der Waals surface area contributed by atoms with Gasteiger partial charge in [0.25, 0.3) is 0 Å². The van der Waals surface area contributed by atoms with Crippen molar-refractivity contribution in [3.8, 4) is 0 Å². The van der Waals surface area contributed by atoms with Crippen molar-refractivity contribution in [1.82, 2.24) is 15.3 Å². The molecule has 4 rings (SSSR count). The summed E-state index contributed by atoms with van der Waals surface area (Å²) in [5.41, 5.74) is 3.42. The van der Waals surface area contributed by atoms with E-state index in [0.29, 0.717) is 23.3 Å². The summed E-state index contributed by atoms with van der Waals surface area (Å²) >= 11 is 0. The van der Waals surface area contributed by atoms with E-state index in [9.17, 15) is 4.79 Å². The van der Waals surface area contributed by atoms with Gasteiger partial charge in [-0.15, -0.1) is 0 Å². The van der Waals surface area contributed by atoms with Gasteiger partial charge in [0.1, 0.15) is 12.0 Å². The molecule has 0 unspecified atom stereocenters. The molecule has 23 heavy (non-hydrogen) atoms. The van der Waals surface area contributed by atoms with Gasteiger partial charge in [-0.05, 0) is 23.5 Å². The van der Waals surface area contributed by atoms with E-state index in [1.807, 2.05) is 19.0 Å². The van der Waals surface area contributed by atoms with Gasteiger partial charge in [-0.2, -0.15) is 0 Å². The lowest BCUT2D eigenvalue weighted by atomic mass is 10.1. The Bertz CT molecular complexity index is 760. The molecule has 2 N–H and O–H groups in total. The molecule has 6 heteroatoms. The molecule has 2 amide bonds. The monoisotopic (exact) mass is 309 g/mol. The molecule has 0 aliphatic heterocycles. The molecule has 0 bridgehead atoms. The first-order valence-electron chi connectivity index (χ1n) is 7.78. The van der Waals surface area contributed by atoms with Gasteiger partial charge in [0.05, 0.1) is 6.20 Å². The van der Waals surface area contributed by atoms with Crippen LogP contribution in [-0.2, 0) is 6.42 Å². The third-order valence-corrected chi connectivity index (χ3v) is 4.70. The third-order valence-electron chi connectivity index (χ3n) is 4.70. The number of rotatable bonds is 3. The summed E-state index contributed by atoms with van der Waals surface area (Å²) < 4.78 is 0. The number of amides is 2. The Hall–Kier alpha value is -2.63. The van der Waals surface area contributed by atoms with E-state index in [1.165, 1.54) is 17.5 Å². The first kappa shape index (κ1) is 14.0. The Morgan fingerprint density at radius 2 is 2.13 bits per heavy atom. The van der Waals surface area contributed by atoms with Gasteiger partial charge in [0.2, 0.25) is 0 Å². The van der Waals surface area contributed by atoms with Crippen molar-refractivity contribution < 1.29 is 4.79 Å². The Balaban J connectivity index is 1.42. The second kappa shape index (κ2) is 5.22. The number of urea groups is 1. The normalized spacial score (nSPS) is 23.7. The fourth-order valence-corrected chi connectivity index (χ4v) is 3.63. The number of fused-ring (bicyclic) bond motifs is 3. The molecule has 2 aromatic rings. The SMILES string of the molecule is CN(C)c1ncncc1NC(=O)N[C@@H]1[C@@H]2Cc3ccccc3[C@@H]21. The van der Waals surface area contributed by atoms with E-state index in [-0.39, 0.29) is 12.1 Å². The molecule has 1 saturated carbocycles. The van der Waals surface area contributed by atoms with Crippen LogP contribution in [0.15, 0.2) is 36.8 Å². The van der Waals surface area contributed by atoms with Gasteiger partial charge in [0.15, 0.2) is 5.82 Å². The molecule has 6 nitrogen and oxygen atoms in total. The molecule has 0 radical (unpaired) electrons. The lowest BCUT2D eigenvalue weighted by Crippen LogP contribution is -2.33. The Morgan fingerprint density at radius 1 is 1.30 bits per heavy atom. The number of carbonyl (C=O) groups is 1. The zero-order valence-electron chi connectivity index (χ0n) is 13.2. The molecule has 1 aromatic carbocycles. The molecule has 0 saturated heterocycles. The Morgan fingerprint density at radius 3 is 2.96 bits per heavy atom. The first-order chi connectivity index (χ1) is 11.1. The number of hydrogen-bond donors (Lipinski definition) is 2. The minimum Gasteiger partial charge on any atom is -0.361 e. The van der Waals surface area contributed by atoms with Crippen molar-refractivity contribution in [2.45, 2.75) is 18.4 Å². The van der Waals surface area contributed by atoms with Crippen LogP contribution in [0, 0.1) is 5.92 Å². The summed E-state index contributed by atoms with van der Waals surface area (Å²) in [5.74, 6) is 1.70. The zero-order valence-corrected chi connectivity index (χ0v) is 13.2. The number of aromatic nitrogens is 2. The van der Waals surface area contributed by atoms with Gasteiger partial charge in [-0.3, -0.25) is 0 Å². The van der Waals surface area contributed by atoms with Crippen molar-refractivity contribution >= 4 is 17.5 Å². The number of nitrogens with zero attached hydrogens (tertiary/aromatic N) is 3. The highest BCUT2D eigenvalue weighted by atomic mass is 16.2. The van der Waals surface area contributed by atoms with Crippen LogP contribution in [0.5, 0.6) is 0 Å². The molecule has 1 fully saturated rings. The largest absolute Gasteiger partial charge is 0.361 e. The average Bonchev–Trinajstić information content (AvgIpc) is 3.04. The second-order valence-corrected chi connectivity index (χ2v) is 6.37. The van der Waals surface area contributed by atoms with Crippen molar-refractivity contribution in [2.24, 2.45) is 5.92 Å². The van der Waals surface area contributed by atoms with E-state index in [4.69, 9.17) is 0 Å². The minimum atomic E-state index is -0.195. The molecule has 3 atom stereocenters. The predicted octanol–water partition coefficient (Wildman–Crippen LogP) is 2.00. The third kappa shape index (κ3) is 2.40. The van der Waals surface area contributed by atoms with Crippen LogP contribution in [0.3, 0.4) is 0 Å². The van der Waals surface area contributed by atoms with Crippen LogP contribution < -0.4 is 15.5 Å². The Labute approximate surface area is 134 Å². The summed E-state index contributed by atoms with van der Waals surface area (Å²) in [6.07, 6.45) is 4.15. The highest BCUT2D eigenvalue weighted by Gasteiger charge is 2.56. The van der Waals surface area contributed by atoms with Crippen LogP contribution >= 0.6 is 0 Å². The summed E-state index contributed by atoms with van der Waals surface area (Å²) in [5, 5.41) is 5.95. The number of nitrogens with one attached hydrogen (secondary N) is 2. The fourth-order valence-electron chi connectivity index (χ4n) is 3.63. The van der Waals surface area contributed by atoms with Gasteiger partial charge in [-0.25, -0.2) is 14.8 Å². The highest BCUT2D eigenvalue weighted by molar-refractivity contribution is 5.92. The van der Waals surface area contributed by atoms with Gasteiger partial charge < -0.3 is 15.5 Å². The average molecular weight is 309 g/mol.